The number of benzene rings is 1. The van der Waals surface area contributed by atoms with E-state index in [0.717, 1.165) is 24.2 Å². The Bertz CT molecular complexity index is 487. The van der Waals surface area contributed by atoms with Gasteiger partial charge in [0.2, 0.25) is 0 Å². The molecule has 1 unspecified atom stereocenters. The molecule has 2 aliphatic rings. The fourth-order valence-electron chi connectivity index (χ4n) is 3.23. The van der Waals surface area contributed by atoms with E-state index >= 15 is 0 Å². The standard InChI is InChI=1S/C17H26ClN3/c1-20-9-3-4-16(20)12-21(2)17-8-5-14(18)10-13(17)11-19-15-6-7-15/h5,8,10,15-16,19H,3-4,6-7,9,11-12H2,1-2H3. The molecule has 21 heavy (non-hydrogen) atoms. The summed E-state index contributed by atoms with van der Waals surface area (Å²) in [6.07, 6.45) is 5.27. The summed E-state index contributed by atoms with van der Waals surface area (Å²) in [6, 6.07) is 7.69. The normalized spacial score (nSPS) is 22.7. The predicted octanol–water partition coefficient (Wildman–Crippen LogP) is 3.12. The topological polar surface area (TPSA) is 18.5 Å². The molecule has 3 rings (SSSR count). The quantitative estimate of drug-likeness (QED) is 0.871. The highest BCUT2D eigenvalue weighted by atomic mass is 35.5. The number of hydrogen-bond acceptors (Lipinski definition) is 3. The van der Waals surface area contributed by atoms with Gasteiger partial charge >= 0.3 is 0 Å². The van der Waals surface area contributed by atoms with Gasteiger partial charge in [0.1, 0.15) is 0 Å². The molecule has 1 saturated carbocycles. The maximum absolute atomic E-state index is 6.19. The average Bonchev–Trinajstić information content (AvgIpc) is 3.20. The van der Waals surface area contributed by atoms with E-state index in [1.807, 2.05) is 6.07 Å². The third-order valence-corrected chi connectivity index (χ3v) is 5.00. The summed E-state index contributed by atoms with van der Waals surface area (Å²) < 4.78 is 0. The Kier molecular flexibility index (Phi) is 4.72. The van der Waals surface area contributed by atoms with Gasteiger partial charge in [0.25, 0.3) is 0 Å². The van der Waals surface area contributed by atoms with E-state index in [1.54, 1.807) is 0 Å². The fraction of sp³-hybridized carbons (Fsp3) is 0.647. The Morgan fingerprint density at radius 2 is 2.14 bits per heavy atom. The van der Waals surface area contributed by atoms with E-state index in [-0.39, 0.29) is 0 Å². The van der Waals surface area contributed by atoms with Crippen LogP contribution in [0.15, 0.2) is 18.2 Å². The molecule has 0 bridgehead atoms. The molecule has 0 amide bonds. The zero-order valence-electron chi connectivity index (χ0n) is 13.1. The van der Waals surface area contributed by atoms with Crippen LogP contribution in [0.3, 0.4) is 0 Å². The number of hydrogen-bond donors (Lipinski definition) is 1. The lowest BCUT2D eigenvalue weighted by atomic mass is 10.1. The smallest absolute Gasteiger partial charge is 0.0410 e. The second-order valence-corrected chi connectivity index (χ2v) is 7.02. The Morgan fingerprint density at radius 1 is 1.33 bits per heavy atom. The molecule has 1 aromatic rings. The van der Waals surface area contributed by atoms with Crippen LogP contribution in [-0.2, 0) is 6.54 Å². The third-order valence-electron chi connectivity index (χ3n) is 4.77. The number of halogens is 1. The molecule has 1 aromatic carbocycles. The molecule has 4 heteroatoms. The lowest BCUT2D eigenvalue weighted by Crippen LogP contribution is -2.37. The zero-order valence-corrected chi connectivity index (χ0v) is 13.9. The van der Waals surface area contributed by atoms with Crippen LogP contribution in [0, 0.1) is 0 Å². The van der Waals surface area contributed by atoms with Crippen LogP contribution in [0.2, 0.25) is 5.02 Å². The van der Waals surface area contributed by atoms with Crippen molar-refractivity contribution in [1.82, 2.24) is 10.2 Å². The molecular formula is C17H26ClN3. The van der Waals surface area contributed by atoms with Crippen molar-refractivity contribution in [3.63, 3.8) is 0 Å². The van der Waals surface area contributed by atoms with Gasteiger partial charge in [-0.15, -0.1) is 0 Å². The summed E-state index contributed by atoms with van der Waals surface area (Å²) in [4.78, 5) is 4.88. The SMILES string of the molecule is CN(CC1CCCN1C)c1ccc(Cl)cc1CNC1CC1. The summed E-state index contributed by atoms with van der Waals surface area (Å²) in [5.41, 5.74) is 2.63. The largest absolute Gasteiger partial charge is 0.373 e. The van der Waals surface area contributed by atoms with Crippen molar-refractivity contribution in [3.05, 3.63) is 28.8 Å². The minimum atomic E-state index is 0.676. The van der Waals surface area contributed by atoms with Crippen LogP contribution < -0.4 is 10.2 Å². The van der Waals surface area contributed by atoms with Crippen molar-refractivity contribution in [2.75, 3.05) is 32.1 Å². The average molecular weight is 308 g/mol. The molecular weight excluding hydrogens is 282 g/mol. The number of nitrogens with one attached hydrogen (secondary N) is 1. The maximum atomic E-state index is 6.19. The number of likely N-dealkylation sites (N-methyl/N-ethyl adjacent to an activating group) is 2. The molecule has 1 saturated heterocycles. The van der Waals surface area contributed by atoms with Gasteiger partial charge in [-0.05, 0) is 63.0 Å². The van der Waals surface area contributed by atoms with Gasteiger partial charge in [-0.3, -0.25) is 0 Å². The Balaban J connectivity index is 1.69. The Hall–Kier alpha value is -0.770. The minimum Gasteiger partial charge on any atom is -0.373 e. The predicted molar refractivity (Wildman–Crippen MR) is 90.2 cm³/mol. The van der Waals surface area contributed by atoms with Crippen molar-refractivity contribution in [2.24, 2.45) is 0 Å². The van der Waals surface area contributed by atoms with Crippen molar-refractivity contribution in [2.45, 2.75) is 44.3 Å². The van der Waals surface area contributed by atoms with Crippen LogP contribution >= 0.6 is 11.6 Å². The first-order valence-corrected chi connectivity index (χ1v) is 8.44. The first kappa shape index (κ1) is 15.1. The number of anilines is 1. The van der Waals surface area contributed by atoms with Gasteiger partial charge in [0.15, 0.2) is 0 Å². The lowest BCUT2D eigenvalue weighted by Gasteiger charge is -2.29. The first-order valence-electron chi connectivity index (χ1n) is 8.06. The molecule has 1 N–H and O–H groups in total. The summed E-state index contributed by atoms with van der Waals surface area (Å²) in [6.45, 7) is 3.25. The van der Waals surface area contributed by atoms with E-state index in [0.29, 0.717) is 6.04 Å². The fourth-order valence-corrected chi connectivity index (χ4v) is 3.43. The van der Waals surface area contributed by atoms with Crippen LogP contribution in [0.4, 0.5) is 5.69 Å². The van der Waals surface area contributed by atoms with E-state index in [1.165, 1.54) is 43.5 Å². The highest BCUT2D eigenvalue weighted by Gasteiger charge is 2.24. The van der Waals surface area contributed by atoms with Gasteiger partial charge in [0, 0.05) is 42.9 Å². The molecule has 2 fully saturated rings. The molecule has 0 spiro atoms. The Morgan fingerprint density at radius 3 is 2.81 bits per heavy atom. The van der Waals surface area contributed by atoms with E-state index in [9.17, 15) is 0 Å². The van der Waals surface area contributed by atoms with Crippen LogP contribution in [0.5, 0.6) is 0 Å². The van der Waals surface area contributed by atoms with Gasteiger partial charge in [-0.25, -0.2) is 0 Å². The molecule has 3 nitrogen and oxygen atoms in total. The number of nitrogens with zero attached hydrogens (tertiary/aromatic N) is 2. The highest BCUT2D eigenvalue weighted by Crippen LogP contribution is 2.27. The number of likely N-dealkylation sites (tertiary alicyclic amines) is 1. The maximum Gasteiger partial charge on any atom is 0.0410 e. The van der Waals surface area contributed by atoms with Crippen molar-refractivity contribution < 1.29 is 0 Å². The van der Waals surface area contributed by atoms with Gasteiger partial charge < -0.3 is 15.1 Å². The summed E-state index contributed by atoms with van der Waals surface area (Å²) >= 11 is 6.19. The van der Waals surface area contributed by atoms with Gasteiger partial charge in [0.05, 0.1) is 0 Å². The van der Waals surface area contributed by atoms with Crippen LogP contribution in [0.25, 0.3) is 0 Å². The number of rotatable bonds is 6. The molecule has 1 heterocycles. The molecule has 0 radical (unpaired) electrons. The summed E-state index contributed by atoms with van der Waals surface area (Å²) in [5.74, 6) is 0. The second kappa shape index (κ2) is 6.55. The minimum absolute atomic E-state index is 0.676. The molecule has 1 atom stereocenters. The van der Waals surface area contributed by atoms with E-state index in [2.05, 4.69) is 41.3 Å². The van der Waals surface area contributed by atoms with Crippen LogP contribution in [0.1, 0.15) is 31.2 Å². The molecule has 0 aromatic heterocycles. The third kappa shape index (κ3) is 3.91. The molecule has 1 aliphatic carbocycles. The monoisotopic (exact) mass is 307 g/mol. The molecule has 116 valence electrons. The van der Waals surface area contributed by atoms with Crippen molar-refractivity contribution in [3.8, 4) is 0 Å². The van der Waals surface area contributed by atoms with Crippen LogP contribution in [-0.4, -0.2) is 44.2 Å². The van der Waals surface area contributed by atoms with Crippen molar-refractivity contribution >= 4 is 17.3 Å². The van der Waals surface area contributed by atoms with Gasteiger partial charge in [-0.1, -0.05) is 11.6 Å². The molecule has 1 aliphatic heterocycles. The summed E-state index contributed by atoms with van der Waals surface area (Å²) in [7, 11) is 4.44. The lowest BCUT2D eigenvalue weighted by molar-refractivity contribution is 0.314. The van der Waals surface area contributed by atoms with E-state index in [4.69, 9.17) is 11.6 Å². The van der Waals surface area contributed by atoms with Crippen molar-refractivity contribution in [1.29, 1.82) is 0 Å². The second-order valence-electron chi connectivity index (χ2n) is 6.59. The Labute approximate surface area is 133 Å². The first-order chi connectivity index (χ1) is 10.1. The highest BCUT2D eigenvalue weighted by molar-refractivity contribution is 6.30. The zero-order chi connectivity index (χ0) is 14.8. The summed E-state index contributed by atoms with van der Waals surface area (Å²) in [5, 5.41) is 4.43. The van der Waals surface area contributed by atoms with Gasteiger partial charge in [-0.2, -0.15) is 0 Å². The van der Waals surface area contributed by atoms with E-state index < -0.39 is 0 Å².